The summed E-state index contributed by atoms with van der Waals surface area (Å²) < 4.78 is 40.5. The van der Waals surface area contributed by atoms with Crippen molar-refractivity contribution in [2.75, 3.05) is 6.54 Å². The van der Waals surface area contributed by atoms with E-state index in [1.165, 1.54) is 12.1 Å². The van der Waals surface area contributed by atoms with Gasteiger partial charge in [-0.2, -0.15) is 13.2 Å². The fourth-order valence-corrected chi connectivity index (χ4v) is 2.31. The van der Waals surface area contributed by atoms with Crippen LogP contribution in [0.4, 0.5) is 13.2 Å². The third-order valence-corrected chi connectivity index (χ3v) is 3.30. The number of hydrogen-bond donors (Lipinski definition) is 1. The fourth-order valence-electron chi connectivity index (χ4n) is 2.31. The van der Waals surface area contributed by atoms with Gasteiger partial charge in [0.15, 0.2) is 0 Å². The van der Waals surface area contributed by atoms with Crippen LogP contribution in [-0.4, -0.2) is 16.1 Å². The normalized spacial score (nSPS) is 13.4. The molecule has 0 amide bonds. The van der Waals surface area contributed by atoms with Gasteiger partial charge < -0.3 is 9.88 Å². The number of nitrogens with zero attached hydrogens (tertiary/aromatic N) is 2. The van der Waals surface area contributed by atoms with Crippen molar-refractivity contribution in [1.82, 2.24) is 14.9 Å². The molecule has 1 heterocycles. The molecule has 1 atom stereocenters. The van der Waals surface area contributed by atoms with Crippen molar-refractivity contribution in [3.8, 4) is 0 Å². The zero-order chi connectivity index (χ0) is 15.5. The molecule has 1 aromatic heterocycles. The minimum atomic E-state index is -4.34. The van der Waals surface area contributed by atoms with Crippen molar-refractivity contribution in [3.63, 3.8) is 0 Å². The average molecular weight is 297 g/mol. The molecule has 0 saturated heterocycles. The van der Waals surface area contributed by atoms with Gasteiger partial charge in [-0.05, 0) is 31.2 Å². The molecular formula is C15H18F3N3. The van der Waals surface area contributed by atoms with Gasteiger partial charge in [-0.15, -0.1) is 0 Å². The number of halogens is 3. The second-order valence-electron chi connectivity index (χ2n) is 4.69. The lowest BCUT2D eigenvalue weighted by atomic mass is 10.0. The summed E-state index contributed by atoms with van der Waals surface area (Å²) in [5, 5.41) is 3.20. The molecule has 0 aliphatic rings. The van der Waals surface area contributed by atoms with Gasteiger partial charge in [-0.25, -0.2) is 4.98 Å². The first-order valence-corrected chi connectivity index (χ1v) is 6.89. The highest BCUT2D eigenvalue weighted by molar-refractivity contribution is 5.31. The molecule has 1 unspecified atom stereocenters. The molecule has 0 aliphatic heterocycles. The van der Waals surface area contributed by atoms with E-state index in [9.17, 15) is 13.2 Å². The molecule has 114 valence electrons. The highest BCUT2D eigenvalue weighted by Crippen LogP contribution is 2.31. The highest BCUT2D eigenvalue weighted by Gasteiger charge is 2.31. The van der Waals surface area contributed by atoms with Crippen LogP contribution in [0.1, 0.15) is 36.8 Å². The third-order valence-electron chi connectivity index (χ3n) is 3.30. The van der Waals surface area contributed by atoms with Gasteiger partial charge in [0.1, 0.15) is 5.82 Å². The number of aromatic nitrogens is 2. The Labute approximate surface area is 121 Å². The second-order valence-corrected chi connectivity index (χ2v) is 4.69. The summed E-state index contributed by atoms with van der Waals surface area (Å²) in [6, 6.07) is 5.03. The summed E-state index contributed by atoms with van der Waals surface area (Å²) >= 11 is 0. The van der Waals surface area contributed by atoms with E-state index in [4.69, 9.17) is 0 Å². The Morgan fingerprint density at radius 3 is 2.67 bits per heavy atom. The lowest BCUT2D eigenvalue weighted by molar-refractivity contribution is -0.137. The Balaban J connectivity index is 2.44. The van der Waals surface area contributed by atoms with Gasteiger partial charge in [-0.3, -0.25) is 0 Å². The molecule has 21 heavy (non-hydrogen) atoms. The van der Waals surface area contributed by atoms with Crippen LogP contribution in [-0.2, 0) is 12.7 Å². The van der Waals surface area contributed by atoms with Crippen LogP contribution >= 0.6 is 0 Å². The van der Waals surface area contributed by atoms with Crippen LogP contribution in [0.3, 0.4) is 0 Å². The fraction of sp³-hybridized carbons (Fsp3) is 0.400. The van der Waals surface area contributed by atoms with Crippen molar-refractivity contribution in [2.45, 2.75) is 32.6 Å². The first-order chi connectivity index (χ1) is 9.97. The number of rotatable bonds is 5. The van der Waals surface area contributed by atoms with Crippen LogP contribution in [0.15, 0.2) is 36.7 Å². The largest absolute Gasteiger partial charge is 0.416 e. The zero-order valence-electron chi connectivity index (χ0n) is 12.0. The van der Waals surface area contributed by atoms with Crippen molar-refractivity contribution in [3.05, 3.63) is 53.6 Å². The molecule has 2 rings (SSSR count). The molecule has 1 N–H and O–H groups in total. The summed E-state index contributed by atoms with van der Waals surface area (Å²) in [5.41, 5.74) is -0.0786. The van der Waals surface area contributed by atoms with E-state index in [-0.39, 0.29) is 6.04 Å². The van der Waals surface area contributed by atoms with E-state index in [0.29, 0.717) is 12.1 Å². The Hall–Kier alpha value is -1.82. The van der Waals surface area contributed by atoms with Crippen LogP contribution in [0.5, 0.6) is 0 Å². The maximum atomic E-state index is 12.9. The van der Waals surface area contributed by atoms with Crippen molar-refractivity contribution >= 4 is 0 Å². The van der Waals surface area contributed by atoms with Gasteiger partial charge in [0.25, 0.3) is 0 Å². The van der Waals surface area contributed by atoms with E-state index < -0.39 is 11.7 Å². The van der Waals surface area contributed by atoms with Crippen molar-refractivity contribution in [1.29, 1.82) is 0 Å². The lowest BCUT2D eigenvalue weighted by Gasteiger charge is -2.20. The van der Waals surface area contributed by atoms with E-state index in [1.807, 2.05) is 24.6 Å². The van der Waals surface area contributed by atoms with Gasteiger partial charge in [0.2, 0.25) is 0 Å². The van der Waals surface area contributed by atoms with E-state index in [2.05, 4.69) is 10.3 Å². The molecular weight excluding hydrogens is 279 g/mol. The third kappa shape index (κ3) is 3.44. The molecule has 0 radical (unpaired) electrons. The van der Waals surface area contributed by atoms with Gasteiger partial charge in [-0.1, -0.05) is 19.1 Å². The number of hydrogen-bond acceptors (Lipinski definition) is 2. The van der Waals surface area contributed by atoms with Crippen LogP contribution < -0.4 is 5.32 Å². The maximum absolute atomic E-state index is 12.9. The lowest BCUT2D eigenvalue weighted by Crippen LogP contribution is -2.25. The van der Waals surface area contributed by atoms with Crippen molar-refractivity contribution in [2.24, 2.45) is 0 Å². The summed E-state index contributed by atoms with van der Waals surface area (Å²) in [6.45, 7) is 5.24. The first-order valence-electron chi connectivity index (χ1n) is 6.89. The second kappa shape index (κ2) is 6.30. The Morgan fingerprint density at radius 1 is 1.29 bits per heavy atom. The van der Waals surface area contributed by atoms with E-state index >= 15 is 0 Å². The minimum absolute atomic E-state index is 0.354. The molecule has 2 aromatic rings. The van der Waals surface area contributed by atoms with Gasteiger partial charge in [0, 0.05) is 18.9 Å². The van der Waals surface area contributed by atoms with Crippen LogP contribution in [0.25, 0.3) is 0 Å². The number of alkyl halides is 3. The number of nitrogens with one attached hydrogen (secondary N) is 1. The zero-order valence-corrected chi connectivity index (χ0v) is 12.0. The predicted molar refractivity (Wildman–Crippen MR) is 74.9 cm³/mol. The van der Waals surface area contributed by atoms with Gasteiger partial charge >= 0.3 is 6.18 Å². The van der Waals surface area contributed by atoms with Gasteiger partial charge in [0.05, 0.1) is 11.6 Å². The van der Waals surface area contributed by atoms with E-state index in [0.717, 1.165) is 18.4 Å². The number of imidazole rings is 1. The van der Waals surface area contributed by atoms with E-state index in [1.54, 1.807) is 12.3 Å². The molecule has 3 nitrogen and oxygen atoms in total. The molecule has 6 heteroatoms. The average Bonchev–Trinajstić information content (AvgIpc) is 2.92. The topological polar surface area (TPSA) is 29.9 Å². The SMILES string of the molecule is CCNC(c1cccc(C(F)(F)F)c1)c1nccn1CC. The standard InChI is InChI=1S/C15H18F3N3/c1-3-19-13(14-20-8-9-21(14)4-2)11-6-5-7-12(10-11)15(16,17)18/h5-10,13,19H,3-4H2,1-2H3. The molecule has 0 fully saturated rings. The van der Waals surface area contributed by atoms with Crippen molar-refractivity contribution < 1.29 is 13.2 Å². The minimum Gasteiger partial charge on any atom is -0.334 e. The maximum Gasteiger partial charge on any atom is 0.416 e. The molecule has 0 bridgehead atoms. The number of aryl methyl sites for hydroxylation is 1. The molecule has 0 saturated carbocycles. The predicted octanol–water partition coefficient (Wildman–Crippen LogP) is 3.62. The first kappa shape index (κ1) is 15.6. The van der Waals surface area contributed by atoms with Crippen LogP contribution in [0, 0.1) is 0 Å². The van der Waals surface area contributed by atoms with Crippen LogP contribution in [0.2, 0.25) is 0 Å². The monoisotopic (exact) mass is 297 g/mol. The summed E-state index contributed by atoms with van der Waals surface area (Å²) in [5.74, 6) is 0.721. The molecule has 0 spiro atoms. The smallest absolute Gasteiger partial charge is 0.334 e. The number of benzene rings is 1. The summed E-state index contributed by atoms with van der Waals surface area (Å²) in [4.78, 5) is 4.29. The molecule has 0 aliphatic carbocycles. The molecule has 1 aromatic carbocycles. The summed E-state index contributed by atoms with van der Waals surface area (Å²) in [6.07, 6.45) is -0.850. The summed E-state index contributed by atoms with van der Waals surface area (Å²) in [7, 11) is 0. The Morgan fingerprint density at radius 2 is 2.05 bits per heavy atom. The Kier molecular flexibility index (Phi) is 4.67. The highest BCUT2D eigenvalue weighted by atomic mass is 19.4. The Bertz CT molecular complexity index is 590. The quantitative estimate of drug-likeness (QED) is 0.913.